The van der Waals surface area contributed by atoms with Crippen molar-refractivity contribution in [2.24, 2.45) is 7.05 Å². The van der Waals surface area contributed by atoms with E-state index < -0.39 is 0 Å². The number of hydrogen-bond acceptors (Lipinski definition) is 4. The number of hydrogen-bond donors (Lipinski definition) is 1. The second kappa shape index (κ2) is 5.14. The Morgan fingerprint density at radius 2 is 2.14 bits per heavy atom. The van der Waals surface area contributed by atoms with Gasteiger partial charge in [0.25, 0.3) is 5.56 Å². The van der Waals surface area contributed by atoms with Crippen LogP contribution < -0.4 is 16.6 Å². The maximum absolute atomic E-state index is 12.6. The summed E-state index contributed by atoms with van der Waals surface area (Å²) in [6, 6.07) is 0.232. The number of imidazole rings is 1. The van der Waals surface area contributed by atoms with Gasteiger partial charge in [0.2, 0.25) is 0 Å². The average molecular weight is 291 g/mol. The van der Waals surface area contributed by atoms with Gasteiger partial charge in [0.1, 0.15) is 5.82 Å². The summed E-state index contributed by atoms with van der Waals surface area (Å²) in [5.74, 6) is 0.797. The van der Waals surface area contributed by atoms with Gasteiger partial charge in [-0.2, -0.15) is 0 Å². The molecule has 1 aliphatic heterocycles. The summed E-state index contributed by atoms with van der Waals surface area (Å²) >= 11 is 0. The van der Waals surface area contributed by atoms with Crippen LogP contribution in [-0.2, 0) is 13.6 Å². The van der Waals surface area contributed by atoms with Crippen molar-refractivity contribution >= 4 is 11.2 Å². The van der Waals surface area contributed by atoms with Gasteiger partial charge >= 0.3 is 5.69 Å². The van der Waals surface area contributed by atoms with E-state index in [1.165, 1.54) is 11.6 Å². The highest BCUT2D eigenvalue weighted by molar-refractivity contribution is 5.71. The smallest absolute Gasteiger partial charge is 0.318 e. The highest BCUT2D eigenvalue weighted by Crippen LogP contribution is 2.22. The van der Waals surface area contributed by atoms with E-state index in [1.807, 2.05) is 18.4 Å². The van der Waals surface area contributed by atoms with Gasteiger partial charge in [0, 0.05) is 26.2 Å². The molecule has 3 rings (SSSR count). The maximum Gasteiger partial charge on any atom is 0.332 e. The lowest BCUT2D eigenvalue weighted by molar-refractivity contribution is 0.543. The molecule has 7 heteroatoms. The predicted molar refractivity (Wildman–Crippen MR) is 80.8 cm³/mol. The number of aryl methyl sites for hydroxylation is 2. The van der Waals surface area contributed by atoms with Gasteiger partial charge in [0.15, 0.2) is 11.2 Å². The van der Waals surface area contributed by atoms with Gasteiger partial charge in [-0.3, -0.25) is 13.9 Å². The van der Waals surface area contributed by atoms with Crippen LogP contribution in [0.1, 0.15) is 31.6 Å². The molecule has 1 N–H and O–H groups in total. The molecular weight excluding hydrogens is 270 g/mol. The Morgan fingerprint density at radius 3 is 2.76 bits per heavy atom. The van der Waals surface area contributed by atoms with Crippen LogP contribution in [0.25, 0.3) is 11.2 Å². The molecule has 1 unspecified atom stereocenters. The lowest BCUT2D eigenvalue weighted by atomic mass is 10.2. The lowest BCUT2D eigenvalue weighted by Crippen LogP contribution is -2.39. The summed E-state index contributed by atoms with van der Waals surface area (Å²) in [4.78, 5) is 29.4. The molecule has 1 aliphatic rings. The van der Waals surface area contributed by atoms with Gasteiger partial charge in [-0.15, -0.1) is 0 Å². The van der Waals surface area contributed by atoms with Crippen molar-refractivity contribution in [3.8, 4) is 0 Å². The third kappa shape index (κ3) is 2.03. The van der Waals surface area contributed by atoms with E-state index in [-0.39, 0.29) is 17.3 Å². The zero-order valence-electron chi connectivity index (χ0n) is 12.7. The second-order valence-corrected chi connectivity index (χ2v) is 5.65. The molecule has 114 valence electrons. The van der Waals surface area contributed by atoms with Crippen LogP contribution in [0.5, 0.6) is 0 Å². The number of aromatic nitrogens is 4. The molecule has 2 aromatic rings. The van der Waals surface area contributed by atoms with Crippen molar-refractivity contribution in [1.29, 1.82) is 0 Å². The van der Waals surface area contributed by atoms with Gasteiger partial charge in [-0.05, 0) is 26.3 Å². The molecule has 1 atom stereocenters. The van der Waals surface area contributed by atoms with Crippen molar-refractivity contribution in [1.82, 2.24) is 24.0 Å². The summed E-state index contributed by atoms with van der Waals surface area (Å²) < 4.78 is 4.81. The Bertz CT molecular complexity index is 792. The van der Waals surface area contributed by atoms with Crippen LogP contribution >= 0.6 is 0 Å². The van der Waals surface area contributed by atoms with Crippen LogP contribution in [0, 0.1) is 6.92 Å². The molecule has 1 fully saturated rings. The highest BCUT2D eigenvalue weighted by atomic mass is 16.2. The fourth-order valence-corrected chi connectivity index (χ4v) is 3.17. The van der Waals surface area contributed by atoms with E-state index in [1.54, 1.807) is 4.57 Å². The molecule has 0 amide bonds. The minimum absolute atomic E-state index is 0.232. The lowest BCUT2D eigenvalue weighted by Gasteiger charge is -2.14. The Morgan fingerprint density at radius 1 is 1.38 bits per heavy atom. The molecule has 2 aromatic heterocycles. The number of nitrogens with zero attached hydrogens (tertiary/aromatic N) is 4. The Balaban J connectivity index is 2.38. The topological polar surface area (TPSA) is 73.8 Å². The zero-order chi connectivity index (χ0) is 15.1. The third-order valence-electron chi connectivity index (χ3n) is 4.20. The fourth-order valence-electron chi connectivity index (χ4n) is 3.17. The molecule has 1 saturated heterocycles. The average Bonchev–Trinajstić information content (AvgIpc) is 3.08. The molecule has 0 saturated carbocycles. The molecule has 3 heterocycles. The van der Waals surface area contributed by atoms with Crippen molar-refractivity contribution in [2.75, 3.05) is 13.1 Å². The first kappa shape index (κ1) is 14.1. The SMILES string of the molecule is CCCn1c(=O)n(C)c(=O)c2c1nc(C)n2C1CCNC1. The van der Waals surface area contributed by atoms with E-state index in [9.17, 15) is 9.59 Å². The van der Waals surface area contributed by atoms with Crippen LogP contribution in [0.15, 0.2) is 9.59 Å². The molecule has 0 bridgehead atoms. The van der Waals surface area contributed by atoms with Crippen LogP contribution in [0.2, 0.25) is 0 Å². The molecular formula is C14H21N5O2. The Labute approximate surface area is 122 Å². The van der Waals surface area contributed by atoms with E-state index >= 15 is 0 Å². The minimum atomic E-state index is -0.288. The monoisotopic (exact) mass is 291 g/mol. The quantitative estimate of drug-likeness (QED) is 0.873. The molecule has 0 spiro atoms. The van der Waals surface area contributed by atoms with Crippen molar-refractivity contribution in [3.63, 3.8) is 0 Å². The standard InChI is InChI=1S/C14H21N5O2/c1-4-7-18-12-11(13(20)17(3)14(18)21)19(9(2)16-12)10-5-6-15-8-10/h10,15H,4-8H2,1-3H3. The summed E-state index contributed by atoms with van der Waals surface area (Å²) in [6.45, 7) is 6.26. The van der Waals surface area contributed by atoms with E-state index in [0.29, 0.717) is 17.7 Å². The van der Waals surface area contributed by atoms with Crippen molar-refractivity contribution < 1.29 is 0 Å². The van der Waals surface area contributed by atoms with Crippen LogP contribution in [0.4, 0.5) is 0 Å². The Kier molecular flexibility index (Phi) is 3.44. The largest absolute Gasteiger partial charge is 0.332 e. The molecule has 21 heavy (non-hydrogen) atoms. The van der Waals surface area contributed by atoms with Gasteiger partial charge in [-0.1, -0.05) is 6.92 Å². The predicted octanol–water partition coefficient (Wildman–Crippen LogP) is 0.150. The summed E-state index contributed by atoms with van der Waals surface area (Å²) in [6.07, 6.45) is 1.80. The third-order valence-corrected chi connectivity index (χ3v) is 4.20. The van der Waals surface area contributed by atoms with E-state index in [2.05, 4.69) is 10.3 Å². The van der Waals surface area contributed by atoms with Crippen molar-refractivity contribution in [2.45, 2.75) is 39.3 Å². The van der Waals surface area contributed by atoms with Gasteiger partial charge in [-0.25, -0.2) is 9.78 Å². The van der Waals surface area contributed by atoms with Crippen molar-refractivity contribution in [3.05, 3.63) is 26.7 Å². The molecule has 0 aromatic carbocycles. The molecule has 0 radical (unpaired) electrons. The Hall–Kier alpha value is -1.89. The van der Waals surface area contributed by atoms with Gasteiger partial charge < -0.3 is 9.88 Å². The first-order chi connectivity index (χ1) is 10.1. The summed E-state index contributed by atoms with van der Waals surface area (Å²) in [5.41, 5.74) is 0.532. The van der Waals surface area contributed by atoms with Crippen LogP contribution in [0.3, 0.4) is 0 Å². The van der Waals surface area contributed by atoms with Crippen LogP contribution in [-0.4, -0.2) is 31.8 Å². The van der Waals surface area contributed by atoms with E-state index in [0.717, 1.165) is 31.8 Å². The minimum Gasteiger partial charge on any atom is -0.318 e. The first-order valence-corrected chi connectivity index (χ1v) is 7.45. The number of nitrogens with one attached hydrogen (secondary N) is 1. The highest BCUT2D eigenvalue weighted by Gasteiger charge is 2.25. The maximum atomic E-state index is 12.6. The van der Waals surface area contributed by atoms with Gasteiger partial charge in [0.05, 0.1) is 0 Å². The summed E-state index contributed by atoms with van der Waals surface area (Å²) in [5, 5.41) is 3.31. The summed E-state index contributed by atoms with van der Waals surface area (Å²) in [7, 11) is 1.54. The first-order valence-electron chi connectivity index (χ1n) is 7.45. The molecule has 7 nitrogen and oxygen atoms in total. The normalized spacial score (nSPS) is 18.7. The number of rotatable bonds is 3. The number of fused-ring (bicyclic) bond motifs is 1. The molecule has 0 aliphatic carbocycles. The fraction of sp³-hybridized carbons (Fsp3) is 0.643. The zero-order valence-corrected chi connectivity index (χ0v) is 12.7. The van der Waals surface area contributed by atoms with E-state index in [4.69, 9.17) is 0 Å². The second-order valence-electron chi connectivity index (χ2n) is 5.65.